The van der Waals surface area contributed by atoms with Gasteiger partial charge in [-0.25, -0.2) is 4.98 Å². The summed E-state index contributed by atoms with van der Waals surface area (Å²) in [5.41, 5.74) is 7.90. The van der Waals surface area contributed by atoms with E-state index in [9.17, 15) is 9.59 Å². The summed E-state index contributed by atoms with van der Waals surface area (Å²) in [4.78, 5) is 41.6. The molecule has 1 aliphatic heterocycles. The molecule has 12 nitrogen and oxygen atoms in total. The van der Waals surface area contributed by atoms with E-state index < -0.39 is 5.91 Å². The molecule has 0 unspecified atom stereocenters. The van der Waals surface area contributed by atoms with Gasteiger partial charge in [-0.15, -0.1) is 0 Å². The number of fused-ring (bicyclic) bond motifs is 1. The van der Waals surface area contributed by atoms with Crippen molar-refractivity contribution < 1.29 is 23.8 Å². The van der Waals surface area contributed by atoms with Gasteiger partial charge in [0.1, 0.15) is 5.15 Å². The molecular weight excluding hydrogens is 585 g/mol. The molecule has 0 radical (unpaired) electrons. The Balaban J connectivity index is 1.67. The summed E-state index contributed by atoms with van der Waals surface area (Å²) in [6.45, 7) is 7.22. The molecule has 0 fully saturated rings. The number of H-pyrrole nitrogens is 1. The number of hydrogen-bond donors (Lipinski definition) is 3. The number of rotatable bonds is 12. The molecule has 0 saturated heterocycles. The number of aromatic amines is 1. The third-order valence-electron chi connectivity index (χ3n) is 6.90. The number of hydrogen-bond acceptors (Lipinski definition) is 9. The minimum atomic E-state index is -0.417. The lowest BCUT2D eigenvalue weighted by molar-refractivity contribution is -0.113. The van der Waals surface area contributed by atoms with Crippen molar-refractivity contribution in [3.63, 3.8) is 0 Å². The van der Waals surface area contributed by atoms with E-state index in [0.717, 1.165) is 19.6 Å². The topological polar surface area (TPSA) is 148 Å². The molecule has 1 aliphatic rings. The standard InChI is InChI=1S/C28H33Cl2N7O5/c1-6-36(7-2)9-8-32-26(38)15-10-17(33-13-15)12-18-20-24(30)34-28(31)35-25(20)37(27(18)39)14-16-11-19(29)22(41-4)23(42-5)21(16)40-3/h10-13,33H,6-9,14H2,1-5H3,(H,32,38)(H2,31,34,35). The van der Waals surface area contributed by atoms with Crippen molar-refractivity contribution >= 4 is 58.4 Å². The number of likely N-dealkylation sites (N-methyl/N-ethyl adjacent to an activating group) is 1. The van der Waals surface area contributed by atoms with Crippen LogP contribution in [-0.2, 0) is 11.3 Å². The number of carbonyl (C=O) groups excluding carboxylic acids is 2. The van der Waals surface area contributed by atoms with Gasteiger partial charge in [-0.3, -0.25) is 14.5 Å². The number of halogens is 2. The number of anilines is 2. The Kier molecular flexibility index (Phi) is 9.81. The molecule has 3 aromatic rings. The lowest BCUT2D eigenvalue weighted by Gasteiger charge is -2.21. The number of ether oxygens (including phenoxy) is 3. The van der Waals surface area contributed by atoms with E-state index >= 15 is 0 Å². The minimum Gasteiger partial charge on any atom is -0.492 e. The lowest BCUT2D eigenvalue weighted by atomic mass is 10.1. The van der Waals surface area contributed by atoms with Crippen molar-refractivity contribution in [3.05, 3.63) is 50.9 Å². The number of nitrogen functional groups attached to an aromatic ring is 1. The summed E-state index contributed by atoms with van der Waals surface area (Å²) in [5, 5.41) is 3.20. The Hall–Kier alpha value is -4.00. The van der Waals surface area contributed by atoms with Gasteiger partial charge in [-0.05, 0) is 31.3 Å². The zero-order valence-corrected chi connectivity index (χ0v) is 25.5. The van der Waals surface area contributed by atoms with E-state index in [-0.39, 0.29) is 45.7 Å². The number of benzene rings is 1. The maximum absolute atomic E-state index is 13.9. The number of nitrogens with zero attached hydrogens (tertiary/aromatic N) is 4. The number of methoxy groups -OCH3 is 3. The first kappa shape index (κ1) is 30.9. The van der Waals surface area contributed by atoms with Crippen molar-refractivity contribution in [1.29, 1.82) is 0 Å². The first-order chi connectivity index (χ1) is 20.2. The van der Waals surface area contributed by atoms with Gasteiger partial charge in [0.2, 0.25) is 11.7 Å². The average Bonchev–Trinajstić information content (AvgIpc) is 3.54. The predicted octanol–water partition coefficient (Wildman–Crippen LogP) is 3.88. The highest BCUT2D eigenvalue weighted by Crippen LogP contribution is 2.47. The van der Waals surface area contributed by atoms with E-state index in [1.165, 1.54) is 26.2 Å². The van der Waals surface area contributed by atoms with Gasteiger partial charge < -0.3 is 35.1 Å². The number of amides is 2. The van der Waals surface area contributed by atoms with Gasteiger partial charge >= 0.3 is 0 Å². The highest BCUT2D eigenvalue weighted by Gasteiger charge is 2.38. The quantitative estimate of drug-likeness (QED) is 0.203. The van der Waals surface area contributed by atoms with Crippen LogP contribution in [0.15, 0.2) is 18.3 Å². The molecule has 2 aromatic heterocycles. The van der Waals surface area contributed by atoms with Crippen LogP contribution in [0.1, 0.15) is 41.0 Å². The SMILES string of the molecule is CCN(CC)CCNC(=O)c1c[nH]c(C=C2C(=O)N(Cc3cc(Cl)c(OC)c(OC)c3OC)c3nc(N)nc(Cl)c32)c1. The molecule has 0 bridgehead atoms. The summed E-state index contributed by atoms with van der Waals surface area (Å²) in [5.74, 6) is 0.382. The molecule has 14 heteroatoms. The molecule has 42 heavy (non-hydrogen) atoms. The average molecular weight is 619 g/mol. The van der Waals surface area contributed by atoms with Crippen LogP contribution in [0, 0.1) is 0 Å². The molecule has 0 saturated carbocycles. The van der Waals surface area contributed by atoms with Crippen LogP contribution in [0.3, 0.4) is 0 Å². The van der Waals surface area contributed by atoms with Crippen molar-refractivity contribution in [3.8, 4) is 17.2 Å². The smallest absolute Gasteiger partial charge is 0.260 e. The second kappa shape index (κ2) is 13.3. The van der Waals surface area contributed by atoms with Crippen molar-refractivity contribution in [2.45, 2.75) is 20.4 Å². The van der Waals surface area contributed by atoms with Crippen LogP contribution >= 0.6 is 23.2 Å². The zero-order chi connectivity index (χ0) is 30.6. The van der Waals surface area contributed by atoms with Gasteiger partial charge in [0, 0.05) is 30.5 Å². The fraction of sp³-hybridized carbons (Fsp3) is 0.357. The fourth-order valence-corrected chi connectivity index (χ4v) is 5.34. The maximum atomic E-state index is 13.9. The molecule has 0 aliphatic carbocycles. The Morgan fingerprint density at radius 1 is 1.10 bits per heavy atom. The zero-order valence-electron chi connectivity index (χ0n) is 24.0. The molecular formula is C28H33Cl2N7O5. The summed E-state index contributed by atoms with van der Waals surface area (Å²) in [6, 6.07) is 3.28. The number of nitrogens with one attached hydrogen (secondary N) is 2. The summed E-state index contributed by atoms with van der Waals surface area (Å²) in [7, 11) is 4.39. The molecule has 2 amide bonds. The third-order valence-corrected chi connectivity index (χ3v) is 7.46. The van der Waals surface area contributed by atoms with Gasteiger partial charge in [0.15, 0.2) is 17.3 Å². The molecule has 0 atom stereocenters. The molecule has 4 N–H and O–H groups in total. The van der Waals surface area contributed by atoms with Crippen LogP contribution in [0.25, 0.3) is 11.6 Å². The highest BCUT2D eigenvalue weighted by atomic mass is 35.5. The van der Waals surface area contributed by atoms with Crippen LogP contribution in [-0.4, -0.2) is 79.2 Å². The summed E-state index contributed by atoms with van der Waals surface area (Å²) >= 11 is 13.0. The molecule has 3 heterocycles. The van der Waals surface area contributed by atoms with Crippen molar-refractivity contribution in [2.24, 2.45) is 0 Å². The first-order valence-electron chi connectivity index (χ1n) is 13.2. The van der Waals surface area contributed by atoms with Gasteiger partial charge in [0.05, 0.1) is 49.6 Å². The molecule has 1 aromatic carbocycles. The second-order valence-electron chi connectivity index (χ2n) is 9.26. The third kappa shape index (κ3) is 6.10. The van der Waals surface area contributed by atoms with Crippen molar-refractivity contribution in [2.75, 3.05) is 58.1 Å². The van der Waals surface area contributed by atoms with E-state index in [0.29, 0.717) is 40.4 Å². The van der Waals surface area contributed by atoms with E-state index in [1.54, 1.807) is 24.4 Å². The maximum Gasteiger partial charge on any atom is 0.260 e. The molecule has 224 valence electrons. The van der Waals surface area contributed by atoms with Gasteiger partial charge in [0.25, 0.3) is 11.8 Å². The van der Waals surface area contributed by atoms with Crippen LogP contribution in [0.5, 0.6) is 17.2 Å². The predicted molar refractivity (Wildman–Crippen MR) is 163 cm³/mol. The molecule has 4 rings (SSSR count). The van der Waals surface area contributed by atoms with Crippen LogP contribution < -0.4 is 30.2 Å². The first-order valence-corrected chi connectivity index (χ1v) is 14.0. The summed E-state index contributed by atoms with van der Waals surface area (Å²) in [6.07, 6.45) is 3.17. The van der Waals surface area contributed by atoms with Gasteiger partial charge in [-0.2, -0.15) is 4.98 Å². The minimum absolute atomic E-state index is 0.00980. The lowest BCUT2D eigenvalue weighted by Crippen LogP contribution is -2.34. The van der Waals surface area contributed by atoms with E-state index in [2.05, 4.69) is 39.0 Å². The Bertz CT molecular complexity index is 1520. The second-order valence-corrected chi connectivity index (χ2v) is 10.0. The highest BCUT2D eigenvalue weighted by molar-refractivity contribution is 6.41. The Morgan fingerprint density at radius 3 is 2.43 bits per heavy atom. The number of carbonyl (C=O) groups is 2. The Morgan fingerprint density at radius 2 is 1.79 bits per heavy atom. The number of nitrogens with two attached hydrogens (primary N) is 1. The monoisotopic (exact) mass is 617 g/mol. The number of aromatic nitrogens is 3. The van der Waals surface area contributed by atoms with Crippen LogP contribution in [0.2, 0.25) is 10.2 Å². The van der Waals surface area contributed by atoms with Crippen molar-refractivity contribution in [1.82, 2.24) is 25.2 Å². The summed E-state index contributed by atoms with van der Waals surface area (Å²) < 4.78 is 16.5. The fourth-order valence-electron chi connectivity index (χ4n) is 4.77. The normalized spacial score (nSPS) is 13.6. The van der Waals surface area contributed by atoms with Crippen LogP contribution in [0.4, 0.5) is 11.8 Å². The largest absolute Gasteiger partial charge is 0.492 e. The van der Waals surface area contributed by atoms with Gasteiger partial charge in [-0.1, -0.05) is 37.0 Å². The van der Waals surface area contributed by atoms with E-state index in [4.69, 9.17) is 43.1 Å². The van der Waals surface area contributed by atoms with E-state index in [1.807, 2.05) is 0 Å². The Labute approximate surface area is 253 Å². The molecule has 0 spiro atoms.